The first-order chi connectivity index (χ1) is 4.66. The summed E-state index contributed by atoms with van der Waals surface area (Å²) in [4.78, 5) is 0. The minimum Gasteiger partial charge on any atom is -0.207 e. The third-order valence-corrected chi connectivity index (χ3v) is 1.83. The van der Waals surface area contributed by atoms with Gasteiger partial charge in [0.1, 0.15) is 5.83 Å². The maximum Gasteiger partial charge on any atom is 0.118 e. The van der Waals surface area contributed by atoms with Crippen molar-refractivity contribution < 1.29 is 4.39 Å². The van der Waals surface area contributed by atoms with Crippen molar-refractivity contribution in [3.63, 3.8) is 0 Å². The third kappa shape index (κ3) is 1.35. The van der Waals surface area contributed by atoms with E-state index < -0.39 is 0 Å². The highest BCUT2D eigenvalue weighted by Crippen LogP contribution is 2.30. The zero-order chi connectivity index (χ0) is 7.61. The highest BCUT2D eigenvalue weighted by atomic mass is 19.1. The number of halogens is 1. The van der Waals surface area contributed by atoms with E-state index in [4.69, 9.17) is 0 Å². The zero-order valence-electron chi connectivity index (χ0n) is 6.10. The molecule has 1 atom stereocenters. The second-order valence-electron chi connectivity index (χ2n) is 2.84. The predicted molar refractivity (Wildman–Crippen MR) is 41.3 cm³/mol. The molecule has 1 aliphatic carbocycles. The molecular weight excluding hydrogens is 127 g/mol. The Morgan fingerprint density at radius 3 is 2.90 bits per heavy atom. The lowest BCUT2D eigenvalue weighted by Crippen LogP contribution is -2.09. The SMILES string of the molecule is C=CC1(C)C=CC(F)=CC1. The summed E-state index contributed by atoms with van der Waals surface area (Å²) in [6, 6.07) is 0. The molecule has 0 radical (unpaired) electrons. The van der Waals surface area contributed by atoms with Crippen molar-refractivity contribution in [1.29, 1.82) is 0 Å². The van der Waals surface area contributed by atoms with Gasteiger partial charge in [0.15, 0.2) is 0 Å². The van der Waals surface area contributed by atoms with Crippen LogP contribution in [0.5, 0.6) is 0 Å². The van der Waals surface area contributed by atoms with Crippen LogP contribution in [0.1, 0.15) is 13.3 Å². The molecule has 0 aromatic rings. The van der Waals surface area contributed by atoms with Gasteiger partial charge in [-0.05, 0) is 18.6 Å². The van der Waals surface area contributed by atoms with E-state index in [1.165, 1.54) is 6.08 Å². The molecule has 0 nitrogen and oxygen atoms in total. The monoisotopic (exact) mass is 138 g/mol. The minimum absolute atomic E-state index is 0.0322. The molecule has 10 heavy (non-hydrogen) atoms. The first kappa shape index (κ1) is 7.26. The van der Waals surface area contributed by atoms with Crippen molar-refractivity contribution in [1.82, 2.24) is 0 Å². The number of allylic oxidation sites excluding steroid dienone is 5. The number of hydrogen-bond donors (Lipinski definition) is 0. The summed E-state index contributed by atoms with van der Waals surface area (Å²) < 4.78 is 12.4. The van der Waals surface area contributed by atoms with E-state index in [0.29, 0.717) is 0 Å². The molecule has 1 unspecified atom stereocenters. The van der Waals surface area contributed by atoms with Gasteiger partial charge in [0.05, 0.1) is 0 Å². The second-order valence-corrected chi connectivity index (χ2v) is 2.84. The molecule has 0 spiro atoms. The van der Waals surface area contributed by atoms with Crippen LogP contribution in [-0.4, -0.2) is 0 Å². The van der Waals surface area contributed by atoms with Gasteiger partial charge in [0, 0.05) is 5.41 Å². The van der Waals surface area contributed by atoms with Gasteiger partial charge < -0.3 is 0 Å². The molecule has 0 aliphatic heterocycles. The van der Waals surface area contributed by atoms with Gasteiger partial charge in [0.25, 0.3) is 0 Å². The van der Waals surface area contributed by atoms with Crippen LogP contribution >= 0.6 is 0 Å². The van der Waals surface area contributed by atoms with Crippen molar-refractivity contribution in [2.45, 2.75) is 13.3 Å². The van der Waals surface area contributed by atoms with Crippen LogP contribution in [0.15, 0.2) is 36.7 Å². The van der Waals surface area contributed by atoms with Crippen LogP contribution in [0.25, 0.3) is 0 Å². The van der Waals surface area contributed by atoms with E-state index in [2.05, 4.69) is 6.58 Å². The summed E-state index contributed by atoms with van der Waals surface area (Å²) in [5.41, 5.74) is -0.0322. The molecule has 0 fully saturated rings. The van der Waals surface area contributed by atoms with Crippen LogP contribution in [0, 0.1) is 5.41 Å². The maximum atomic E-state index is 12.4. The Labute approximate surface area is 60.7 Å². The summed E-state index contributed by atoms with van der Waals surface area (Å²) in [6.07, 6.45) is 7.48. The molecule has 1 rings (SSSR count). The van der Waals surface area contributed by atoms with Gasteiger partial charge in [-0.15, -0.1) is 6.58 Å². The molecule has 0 amide bonds. The topological polar surface area (TPSA) is 0 Å². The Kier molecular flexibility index (Phi) is 1.75. The number of hydrogen-bond acceptors (Lipinski definition) is 0. The molecule has 1 heteroatoms. The molecule has 54 valence electrons. The molecule has 0 heterocycles. The number of rotatable bonds is 1. The Morgan fingerprint density at radius 2 is 2.50 bits per heavy atom. The maximum absolute atomic E-state index is 12.4. The van der Waals surface area contributed by atoms with Crippen LogP contribution in [-0.2, 0) is 0 Å². The Morgan fingerprint density at radius 1 is 1.80 bits per heavy atom. The normalized spacial score (nSPS) is 31.6. The second kappa shape index (κ2) is 2.41. The van der Waals surface area contributed by atoms with Gasteiger partial charge >= 0.3 is 0 Å². The van der Waals surface area contributed by atoms with E-state index in [-0.39, 0.29) is 11.2 Å². The first-order valence-electron chi connectivity index (χ1n) is 3.35. The van der Waals surface area contributed by atoms with Crippen molar-refractivity contribution >= 4 is 0 Å². The quantitative estimate of drug-likeness (QED) is 0.488. The van der Waals surface area contributed by atoms with Crippen molar-refractivity contribution in [2.24, 2.45) is 5.41 Å². The van der Waals surface area contributed by atoms with E-state index >= 15 is 0 Å². The van der Waals surface area contributed by atoms with Crippen LogP contribution in [0.4, 0.5) is 4.39 Å². The van der Waals surface area contributed by atoms with Crippen LogP contribution in [0.3, 0.4) is 0 Å². The van der Waals surface area contributed by atoms with Crippen molar-refractivity contribution in [3.8, 4) is 0 Å². The molecule has 0 saturated carbocycles. The Balaban J connectivity index is 2.76. The Hall–Kier alpha value is -0.850. The minimum atomic E-state index is -0.140. The Bertz CT molecular complexity index is 201. The zero-order valence-corrected chi connectivity index (χ0v) is 6.10. The van der Waals surface area contributed by atoms with E-state index in [1.807, 2.05) is 19.1 Å². The lowest BCUT2D eigenvalue weighted by molar-refractivity contribution is 0.531. The standard InChI is InChI=1S/C9H11F/c1-3-9(2)6-4-8(10)5-7-9/h3-6H,1,7H2,2H3. The average Bonchev–Trinajstić information content (AvgIpc) is 1.96. The van der Waals surface area contributed by atoms with Gasteiger partial charge in [-0.3, -0.25) is 0 Å². The smallest absolute Gasteiger partial charge is 0.118 e. The molecule has 0 aromatic carbocycles. The summed E-state index contributed by atoms with van der Waals surface area (Å²) >= 11 is 0. The fourth-order valence-corrected chi connectivity index (χ4v) is 0.875. The first-order valence-corrected chi connectivity index (χ1v) is 3.35. The van der Waals surface area contributed by atoms with E-state index in [9.17, 15) is 4.39 Å². The molecule has 0 saturated heterocycles. The molecule has 0 aromatic heterocycles. The molecule has 1 aliphatic rings. The van der Waals surface area contributed by atoms with Crippen LogP contribution < -0.4 is 0 Å². The fraction of sp³-hybridized carbons (Fsp3) is 0.333. The largest absolute Gasteiger partial charge is 0.207 e. The highest BCUT2D eigenvalue weighted by molar-refractivity contribution is 5.24. The lowest BCUT2D eigenvalue weighted by atomic mass is 9.84. The summed E-state index contributed by atoms with van der Waals surface area (Å²) in [6.45, 7) is 5.71. The average molecular weight is 138 g/mol. The summed E-state index contributed by atoms with van der Waals surface area (Å²) in [5.74, 6) is -0.140. The van der Waals surface area contributed by atoms with Crippen LogP contribution in [0.2, 0.25) is 0 Å². The predicted octanol–water partition coefficient (Wildman–Crippen LogP) is 2.99. The molecule has 0 N–H and O–H groups in total. The van der Waals surface area contributed by atoms with Gasteiger partial charge in [-0.2, -0.15) is 0 Å². The van der Waals surface area contributed by atoms with Gasteiger partial charge in [-0.25, -0.2) is 4.39 Å². The van der Waals surface area contributed by atoms with Gasteiger partial charge in [-0.1, -0.05) is 19.1 Å². The highest BCUT2D eigenvalue weighted by Gasteiger charge is 2.17. The molecular formula is C9H11F. The molecule has 0 bridgehead atoms. The van der Waals surface area contributed by atoms with E-state index in [0.717, 1.165) is 6.42 Å². The fourth-order valence-electron chi connectivity index (χ4n) is 0.875. The summed E-state index contributed by atoms with van der Waals surface area (Å²) in [5, 5.41) is 0. The van der Waals surface area contributed by atoms with E-state index in [1.54, 1.807) is 6.08 Å². The summed E-state index contributed by atoms with van der Waals surface area (Å²) in [7, 11) is 0. The van der Waals surface area contributed by atoms with Crippen molar-refractivity contribution in [2.75, 3.05) is 0 Å². The van der Waals surface area contributed by atoms with Gasteiger partial charge in [0.2, 0.25) is 0 Å². The third-order valence-electron chi connectivity index (χ3n) is 1.83. The van der Waals surface area contributed by atoms with Crippen molar-refractivity contribution in [3.05, 3.63) is 36.7 Å². The lowest BCUT2D eigenvalue weighted by Gasteiger charge is -2.21.